The maximum atomic E-state index is 12.5. The number of rotatable bonds is 2. The SMILES string of the molecule is CN1CCN(c2nnc(C(F)(F)F)s2)C(CN)C1. The molecular formula is C9H14F3N5S. The molecule has 0 amide bonds. The predicted molar refractivity (Wildman–Crippen MR) is 62.6 cm³/mol. The first kappa shape index (κ1) is 13.5. The van der Waals surface area contributed by atoms with Crippen LogP contribution in [0.3, 0.4) is 0 Å². The van der Waals surface area contributed by atoms with Crippen LogP contribution in [-0.2, 0) is 6.18 Å². The van der Waals surface area contributed by atoms with Crippen molar-refractivity contribution in [3.8, 4) is 0 Å². The van der Waals surface area contributed by atoms with E-state index in [9.17, 15) is 13.2 Å². The van der Waals surface area contributed by atoms with E-state index in [1.54, 1.807) is 0 Å². The molecule has 0 spiro atoms. The highest BCUT2D eigenvalue weighted by atomic mass is 32.1. The number of halogens is 3. The molecule has 0 saturated carbocycles. The lowest BCUT2D eigenvalue weighted by Crippen LogP contribution is -2.55. The summed E-state index contributed by atoms with van der Waals surface area (Å²) in [4.78, 5) is 3.91. The van der Waals surface area contributed by atoms with Gasteiger partial charge >= 0.3 is 6.18 Å². The Labute approximate surface area is 106 Å². The molecule has 2 heterocycles. The number of alkyl halides is 3. The molecule has 5 nitrogen and oxygen atoms in total. The van der Waals surface area contributed by atoms with Crippen LogP contribution < -0.4 is 10.6 Å². The van der Waals surface area contributed by atoms with E-state index in [0.717, 1.165) is 13.1 Å². The number of aromatic nitrogens is 2. The van der Waals surface area contributed by atoms with E-state index in [0.29, 0.717) is 29.6 Å². The summed E-state index contributed by atoms with van der Waals surface area (Å²) in [5.74, 6) is 0. The Hall–Kier alpha value is -0.930. The normalized spacial score (nSPS) is 22.5. The van der Waals surface area contributed by atoms with Gasteiger partial charge in [-0.05, 0) is 7.05 Å². The Morgan fingerprint density at radius 3 is 2.67 bits per heavy atom. The summed E-state index contributed by atoms with van der Waals surface area (Å²) in [6.07, 6.45) is -4.43. The van der Waals surface area contributed by atoms with Gasteiger partial charge in [-0.1, -0.05) is 11.3 Å². The molecule has 1 unspecified atom stereocenters. The van der Waals surface area contributed by atoms with Gasteiger partial charge in [-0.3, -0.25) is 0 Å². The van der Waals surface area contributed by atoms with Gasteiger partial charge < -0.3 is 15.5 Å². The third-order valence-electron chi connectivity index (χ3n) is 2.86. The largest absolute Gasteiger partial charge is 0.445 e. The zero-order chi connectivity index (χ0) is 13.3. The molecule has 1 aliphatic heterocycles. The van der Waals surface area contributed by atoms with Crippen LogP contribution in [0.1, 0.15) is 5.01 Å². The summed E-state index contributed by atoms with van der Waals surface area (Å²) in [6, 6.07) is -0.0159. The van der Waals surface area contributed by atoms with E-state index < -0.39 is 11.2 Å². The van der Waals surface area contributed by atoms with Gasteiger partial charge in [-0.15, -0.1) is 10.2 Å². The molecule has 1 aliphatic rings. The summed E-state index contributed by atoms with van der Waals surface area (Å²) >= 11 is 0.571. The van der Waals surface area contributed by atoms with Gasteiger partial charge in [-0.2, -0.15) is 13.2 Å². The summed E-state index contributed by atoms with van der Waals surface area (Å²) in [5, 5.41) is 6.21. The second-order valence-corrected chi connectivity index (χ2v) is 5.19. The Morgan fingerprint density at radius 2 is 2.11 bits per heavy atom. The average Bonchev–Trinajstić information content (AvgIpc) is 2.77. The molecule has 102 valence electrons. The maximum absolute atomic E-state index is 12.5. The summed E-state index contributed by atoms with van der Waals surface area (Å²) in [7, 11) is 1.96. The minimum absolute atomic E-state index is 0.0159. The molecular weight excluding hydrogens is 267 g/mol. The fourth-order valence-corrected chi connectivity index (χ4v) is 2.72. The van der Waals surface area contributed by atoms with Crippen LogP contribution in [0.15, 0.2) is 0 Å². The standard InChI is InChI=1S/C9H14F3N5S/c1-16-2-3-17(6(4-13)5-16)8-15-14-7(18-8)9(10,11)12/h6H,2-5,13H2,1H3. The van der Waals surface area contributed by atoms with Crippen LogP contribution in [0.5, 0.6) is 0 Å². The first-order chi connectivity index (χ1) is 8.41. The highest BCUT2D eigenvalue weighted by Gasteiger charge is 2.37. The number of nitrogens with zero attached hydrogens (tertiary/aromatic N) is 4. The van der Waals surface area contributed by atoms with Crippen molar-refractivity contribution < 1.29 is 13.2 Å². The minimum atomic E-state index is -4.43. The molecule has 2 N–H and O–H groups in total. The van der Waals surface area contributed by atoms with E-state index in [-0.39, 0.29) is 6.04 Å². The van der Waals surface area contributed by atoms with Crippen molar-refractivity contribution >= 4 is 16.5 Å². The molecule has 1 fully saturated rings. The number of hydrogen-bond donors (Lipinski definition) is 1. The lowest BCUT2D eigenvalue weighted by atomic mass is 10.2. The van der Waals surface area contributed by atoms with E-state index in [4.69, 9.17) is 5.73 Å². The third kappa shape index (κ3) is 2.73. The van der Waals surface area contributed by atoms with Gasteiger partial charge in [0, 0.05) is 26.2 Å². The van der Waals surface area contributed by atoms with Crippen molar-refractivity contribution in [1.29, 1.82) is 0 Å². The zero-order valence-corrected chi connectivity index (χ0v) is 10.6. The molecule has 0 radical (unpaired) electrons. The summed E-state index contributed by atoms with van der Waals surface area (Å²) < 4.78 is 37.4. The van der Waals surface area contributed by atoms with Gasteiger partial charge in [0.15, 0.2) is 0 Å². The molecule has 18 heavy (non-hydrogen) atoms. The molecule has 0 aliphatic carbocycles. The molecule has 1 atom stereocenters. The average molecular weight is 281 g/mol. The predicted octanol–water partition coefficient (Wildman–Crippen LogP) is 0.636. The zero-order valence-electron chi connectivity index (χ0n) is 9.81. The van der Waals surface area contributed by atoms with Crippen LogP contribution in [0, 0.1) is 0 Å². The quantitative estimate of drug-likeness (QED) is 0.862. The minimum Gasteiger partial charge on any atom is -0.340 e. The molecule has 1 aromatic rings. The van der Waals surface area contributed by atoms with Crippen molar-refractivity contribution in [2.24, 2.45) is 5.73 Å². The smallest absolute Gasteiger partial charge is 0.340 e. The van der Waals surface area contributed by atoms with Crippen molar-refractivity contribution in [3.05, 3.63) is 5.01 Å². The van der Waals surface area contributed by atoms with Gasteiger partial charge in [0.25, 0.3) is 0 Å². The highest BCUT2D eigenvalue weighted by Crippen LogP contribution is 2.35. The fourth-order valence-electron chi connectivity index (χ4n) is 1.91. The van der Waals surface area contributed by atoms with Crippen LogP contribution >= 0.6 is 11.3 Å². The molecule has 0 bridgehead atoms. The maximum Gasteiger partial charge on any atom is 0.445 e. The van der Waals surface area contributed by atoms with Crippen LogP contribution in [0.2, 0.25) is 0 Å². The van der Waals surface area contributed by atoms with Gasteiger partial charge in [0.05, 0.1) is 6.04 Å². The van der Waals surface area contributed by atoms with E-state index in [1.165, 1.54) is 0 Å². The monoisotopic (exact) mass is 281 g/mol. The number of likely N-dealkylation sites (N-methyl/N-ethyl adjacent to an activating group) is 1. The first-order valence-electron chi connectivity index (χ1n) is 5.47. The number of piperazine rings is 1. The second-order valence-electron chi connectivity index (χ2n) is 4.23. The molecule has 2 rings (SSSR count). The second kappa shape index (κ2) is 4.98. The Bertz CT molecular complexity index is 407. The molecule has 9 heteroatoms. The van der Waals surface area contributed by atoms with Crippen LogP contribution in [0.4, 0.5) is 18.3 Å². The van der Waals surface area contributed by atoms with Crippen LogP contribution in [-0.4, -0.2) is 54.4 Å². The van der Waals surface area contributed by atoms with E-state index in [1.807, 2.05) is 11.9 Å². The van der Waals surface area contributed by atoms with E-state index in [2.05, 4.69) is 15.1 Å². The van der Waals surface area contributed by atoms with Gasteiger partial charge in [-0.25, -0.2) is 0 Å². The topological polar surface area (TPSA) is 58.3 Å². The van der Waals surface area contributed by atoms with Gasteiger partial charge in [0.1, 0.15) is 0 Å². The van der Waals surface area contributed by atoms with Crippen LogP contribution in [0.25, 0.3) is 0 Å². The summed E-state index contributed by atoms with van der Waals surface area (Å²) in [5.41, 5.74) is 5.65. The highest BCUT2D eigenvalue weighted by molar-refractivity contribution is 7.15. The number of anilines is 1. The van der Waals surface area contributed by atoms with Gasteiger partial charge in [0.2, 0.25) is 10.1 Å². The fraction of sp³-hybridized carbons (Fsp3) is 0.778. The number of hydrogen-bond acceptors (Lipinski definition) is 6. The molecule has 1 aromatic heterocycles. The van der Waals surface area contributed by atoms with E-state index >= 15 is 0 Å². The van der Waals surface area contributed by atoms with Crippen molar-refractivity contribution in [2.75, 3.05) is 38.1 Å². The van der Waals surface area contributed by atoms with Crippen molar-refractivity contribution in [2.45, 2.75) is 12.2 Å². The van der Waals surface area contributed by atoms with Crippen molar-refractivity contribution in [1.82, 2.24) is 15.1 Å². The Balaban J connectivity index is 2.17. The lowest BCUT2D eigenvalue weighted by Gasteiger charge is -2.39. The Morgan fingerprint density at radius 1 is 1.39 bits per heavy atom. The lowest BCUT2D eigenvalue weighted by molar-refractivity contribution is -0.138. The van der Waals surface area contributed by atoms with Crippen molar-refractivity contribution in [3.63, 3.8) is 0 Å². The summed E-state index contributed by atoms with van der Waals surface area (Å²) in [6.45, 7) is 2.49. The first-order valence-corrected chi connectivity index (χ1v) is 6.29. The molecule has 1 saturated heterocycles. The third-order valence-corrected chi connectivity index (χ3v) is 3.87. The number of nitrogens with two attached hydrogens (primary N) is 1. The molecule has 0 aromatic carbocycles. The Kier molecular flexibility index (Phi) is 3.74.